The highest BCUT2D eigenvalue weighted by molar-refractivity contribution is 9.10. The molecule has 0 spiro atoms. The van der Waals surface area contributed by atoms with Crippen LogP contribution in [0, 0.1) is 0 Å². The van der Waals surface area contributed by atoms with E-state index in [0.29, 0.717) is 12.2 Å². The van der Waals surface area contributed by atoms with Crippen molar-refractivity contribution in [3.63, 3.8) is 0 Å². The van der Waals surface area contributed by atoms with Gasteiger partial charge in [0.25, 0.3) is 0 Å². The van der Waals surface area contributed by atoms with Crippen LogP contribution in [0.3, 0.4) is 0 Å². The third-order valence-electron chi connectivity index (χ3n) is 3.27. The van der Waals surface area contributed by atoms with Gasteiger partial charge in [-0.25, -0.2) is 0 Å². The van der Waals surface area contributed by atoms with E-state index < -0.39 is 11.8 Å². The third-order valence-corrected chi connectivity index (χ3v) is 3.96. The molecular formula is C17H17BrN2O2. The first-order chi connectivity index (χ1) is 10.6. The third kappa shape index (κ3) is 4.43. The molecule has 0 aromatic heterocycles. The van der Waals surface area contributed by atoms with Crippen molar-refractivity contribution in [3.8, 4) is 0 Å². The first-order valence-corrected chi connectivity index (χ1v) is 7.76. The fourth-order valence-electron chi connectivity index (χ4n) is 1.97. The molecule has 0 saturated heterocycles. The van der Waals surface area contributed by atoms with Gasteiger partial charge in [0.2, 0.25) is 0 Å². The number of benzene rings is 2. The van der Waals surface area contributed by atoms with Gasteiger partial charge in [0.15, 0.2) is 0 Å². The van der Waals surface area contributed by atoms with Crippen molar-refractivity contribution >= 4 is 33.4 Å². The van der Waals surface area contributed by atoms with Crippen LogP contribution in [0.15, 0.2) is 59.1 Å². The van der Waals surface area contributed by atoms with E-state index in [-0.39, 0.29) is 5.92 Å². The van der Waals surface area contributed by atoms with Crippen molar-refractivity contribution in [2.75, 3.05) is 11.9 Å². The van der Waals surface area contributed by atoms with Crippen LogP contribution >= 0.6 is 15.9 Å². The maximum absolute atomic E-state index is 11.9. The first-order valence-electron chi connectivity index (χ1n) is 6.96. The summed E-state index contributed by atoms with van der Waals surface area (Å²) in [5.74, 6) is -1.17. The second kappa shape index (κ2) is 7.75. The highest BCUT2D eigenvalue weighted by atomic mass is 79.9. The molecule has 0 aliphatic rings. The summed E-state index contributed by atoms with van der Waals surface area (Å²) in [5.41, 5.74) is 1.69. The molecule has 0 bridgehead atoms. The number of hydrogen-bond acceptors (Lipinski definition) is 2. The Labute approximate surface area is 138 Å². The lowest BCUT2D eigenvalue weighted by Gasteiger charge is -2.13. The lowest BCUT2D eigenvalue weighted by atomic mass is 10.0. The van der Waals surface area contributed by atoms with E-state index in [1.165, 1.54) is 0 Å². The van der Waals surface area contributed by atoms with Crippen LogP contribution < -0.4 is 10.6 Å². The van der Waals surface area contributed by atoms with Crippen molar-refractivity contribution in [3.05, 3.63) is 64.6 Å². The van der Waals surface area contributed by atoms with E-state index in [0.717, 1.165) is 10.0 Å². The maximum atomic E-state index is 11.9. The van der Waals surface area contributed by atoms with Gasteiger partial charge in [-0.3, -0.25) is 9.59 Å². The normalized spacial score (nSPS) is 11.5. The van der Waals surface area contributed by atoms with Crippen molar-refractivity contribution in [1.82, 2.24) is 5.32 Å². The highest BCUT2D eigenvalue weighted by Gasteiger charge is 2.15. The second-order valence-electron chi connectivity index (χ2n) is 4.96. The number of nitrogens with one attached hydrogen (secondary N) is 2. The SMILES string of the molecule is C[C@H](CNC(=O)C(=O)Nc1ccccc1Br)c1ccccc1. The van der Waals surface area contributed by atoms with Crippen molar-refractivity contribution < 1.29 is 9.59 Å². The zero-order valence-electron chi connectivity index (χ0n) is 12.2. The van der Waals surface area contributed by atoms with Crippen LogP contribution in [0.25, 0.3) is 0 Å². The summed E-state index contributed by atoms with van der Waals surface area (Å²) in [7, 11) is 0. The molecule has 4 nitrogen and oxygen atoms in total. The van der Waals surface area contributed by atoms with Crippen LogP contribution in [0.2, 0.25) is 0 Å². The lowest BCUT2D eigenvalue weighted by Crippen LogP contribution is -2.37. The lowest BCUT2D eigenvalue weighted by molar-refractivity contribution is -0.136. The first kappa shape index (κ1) is 16.2. The average molecular weight is 361 g/mol. The number of para-hydroxylation sites is 1. The summed E-state index contributed by atoms with van der Waals surface area (Å²) < 4.78 is 0.730. The van der Waals surface area contributed by atoms with Crippen LogP contribution in [0.1, 0.15) is 18.4 Å². The molecule has 0 aliphatic carbocycles. The van der Waals surface area contributed by atoms with E-state index in [4.69, 9.17) is 0 Å². The van der Waals surface area contributed by atoms with Crippen LogP contribution in [-0.4, -0.2) is 18.4 Å². The summed E-state index contributed by atoms with van der Waals surface area (Å²) in [6, 6.07) is 17.0. The molecule has 22 heavy (non-hydrogen) atoms. The van der Waals surface area contributed by atoms with E-state index >= 15 is 0 Å². The molecule has 2 rings (SSSR count). The predicted octanol–water partition coefficient (Wildman–Crippen LogP) is 3.31. The van der Waals surface area contributed by atoms with E-state index in [9.17, 15) is 9.59 Å². The Hall–Kier alpha value is -2.14. The van der Waals surface area contributed by atoms with Gasteiger partial charge in [-0.05, 0) is 39.5 Å². The Balaban J connectivity index is 1.87. The van der Waals surface area contributed by atoms with Gasteiger partial charge in [-0.1, -0.05) is 49.4 Å². The second-order valence-corrected chi connectivity index (χ2v) is 5.81. The quantitative estimate of drug-likeness (QED) is 0.821. The van der Waals surface area contributed by atoms with E-state index in [1.807, 2.05) is 43.3 Å². The topological polar surface area (TPSA) is 58.2 Å². The maximum Gasteiger partial charge on any atom is 0.313 e. The number of rotatable bonds is 4. The van der Waals surface area contributed by atoms with E-state index in [1.54, 1.807) is 18.2 Å². The molecule has 2 N–H and O–H groups in total. The van der Waals surface area contributed by atoms with Crippen molar-refractivity contribution in [2.24, 2.45) is 0 Å². The Morgan fingerprint density at radius 1 is 1.00 bits per heavy atom. The van der Waals surface area contributed by atoms with Crippen LogP contribution in [-0.2, 0) is 9.59 Å². The highest BCUT2D eigenvalue weighted by Crippen LogP contribution is 2.21. The zero-order chi connectivity index (χ0) is 15.9. The van der Waals surface area contributed by atoms with Gasteiger partial charge in [0.05, 0.1) is 5.69 Å². The molecule has 5 heteroatoms. The Kier molecular flexibility index (Phi) is 5.72. The molecule has 0 radical (unpaired) electrons. The van der Waals surface area contributed by atoms with Crippen LogP contribution in [0.4, 0.5) is 5.69 Å². The summed E-state index contributed by atoms with van der Waals surface area (Å²) in [6.07, 6.45) is 0. The summed E-state index contributed by atoms with van der Waals surface area (Å²) >= 11 is 3.32. The minimum atomic E-state index is -0.674. The van der Waals surface area contributed by atoms with Crippen molar-refractivity contribution in [2.45, 2.75) is 12.8 Å². The minimum Gasteiger partial charge on any atom is -0.347 e. The Morgan fingerprint density at radius 2 is 1.64 bits per heavy atom. The molecule has 0 unspecified atom stereocenters. The molecule has 0 fully saturated rings. The van der Waals surface area contributed by atoms with Gasteiger partial charge in [-0.2, -0.15) is 0 Å². The van der Waals surface area contributed by atoms with Crippen LogP contribution in [0.5, 0.6) is 0 Å². The summed E-state index contributed by atoms with van der Waals surface area (Å²) in [5, 5.41) is 5.23. The number of hydrogen-bond donors (Lipinski definition) is 2. The van der Waals surface area contributed by atoms with Gasteiger partial charge < -0.3 is 10.6 Å². The number of carbonyl (C=O) groups excluding carboxylic acids is 2. The fraction of sp³-hybridized carbons (Fsp3) is 0.176. The Bertz CT molecular complexity index is 659. The smallest absolute Gasteiger partial charge is 0.313 e. The molecule has 1 atom stereocenters. The average Bonchev–Trinajstić information content (AvgIpc) is 2.55. The van der Waals surface area contributed by atoms with Crippen molar-refractivity contribution in [1.29, 1.82) is 0 Å². The Morgan fingerprint density at radius 3 is 2.32 bits per heavy atom. The number of halogens is 1. The minimum absolute atomic E-state index is 0.140. The fourth-order valence-corrected chi connectivity index (χ4v) is 2.35. The number of amides is 2. The number of anilines is 1. The van der Waals surface area contributed by atoms with Gasteiger partial charge >= 0.3 is 11.8 Å². The van der Waals surface area contributed by atoms with Gasteiger partial charge in [0, 0.05) is 11.0 Å². The molecular weight excluding hydrogens is 344 g/mol. The summed E-state index contributed by atoms with van der Waals surface area (Å²) in [4.78, 5) is 23.7. The molecule has 2 aromatic carbocycles. The monoisotopic (exact) mass is 360 g/mol. The molecule has 0 saturated carbocycles. The molecule has 2 amide bonds. The molecule has 0 aliphatic heterocycles. The molecule has 114 valence electrons. The van der Waals surface area contributed by atoms with Gasteiger partial charge in [0.1, 0.15) is 0 Å². The largest absolute Gasteiger partial charge is 0.347 e. The van der Waals surface area contributed by atoms with Gasteiger partial charge in [-0.15, -0.1) is 0 Å². The summed E-state index contributed by atoms with van der Waals surface area (Å²) in [6.45, 7) is 2.41. The predicted molar refractivity (Wildman–Crippen MR) is 90.6 cm³/mol. The van der Waals surface area contributed by atoms with E-state index in [2.05, 4.69) is 26.6 Å². The molecule has 0 heterocycles. The number of carbonyl (C=O) groups is 2. The zero-order valence-corrected chi connectivity index (χ0v) is 13.8. The molecule has 2 aromatic rings. The standard InChI is InChI=1S/C17H17BrN2O2/c1-12(13-7-3-2-4-8-13)11-19-16(21)17(22)20-15-10-6-5-9-14(15)18/h2-10,12H,11H2,1H3,(H,19,21)(H,20,22)/t12-/m1/s1.